The third kappa shape index (κ3) is 3.87. The zero-order valence-electron chi connectivity index (χ0n) is 17.1. The molecule has 0 unspecified atom stereocenters. The molecule has 1 aliphatic rings. The molecule has 0 aliphatic carbocycles. The van der Waals surface area contributed by atoms with Crippen molar-refractivity contribution in [2.45, 2.75) is 26.7 Å². The molecule has 1 aromatic carbocycles. The summed E-state index contributed by atoms with van der Waals surface area (Å²) in [6.45, 7) is 5.88. The first-order valence-corrected chi connectivity index (χ1v) is 10.0. The number of rotatable bonds is 5. The van der Waals surface area contributed by atoms with Gasteiger partial charge in [-0.05, 0) is 36.6 Å². The molecule has 4 rings (SSSR count). The first-order chi connectivity index (χ1) is 14.4. The number of benzene rings is 1. The summed E-state index contributed by atoms with van der Waals surface area (Å²) >= 11 is 0. The highest BCUT2D eigenvalue weighted by Gasteiger charge is 2.32. The van der Waals surface area contributed by atoms with E-state index in [1.165, 1.54) is 0 Å². The highest BCUT2D eigenvalue weighted by atomic mass is 16.5. The highest BCUT2D eigenvalue weighted by molar-refractivity contribution is 5.98. The number of pyridine rings is 1. The summed E-state index contributed by atoms with van der Waals surface area (Å²) in [6.07, 6.45) is 5.38. The van der Waals surface area contributed by atoms with Crippen LogP contribution in [0.15, 0.2) is 42.7 Å². The zero-order chi connectivity index (χ0) is 21.3. The largest absolute Gasteiger partial charge is 0.492 e. The normalized spacial score (nSPS) is 15.9. The molecule has 3 heterocycles. The molecule has 0 spiro atoms. The molecule has 7 heteroatoms. The number of ether oxygens (including phenoxy) is 1. The van der Waals surface area contributed by atoms with Crippen LogP contribution < -0.4 is 4.74 Å². The lowest BCUT2D eigenvalue weighted by molar-refractivity contribution is -0.131. The fourth-order valence-corrected chi connectivity index (χ4v) is 3.92. The lowest BCUT2D eigenvalue weighted by Gasteiger charge is -2.38. The van der Waals surface area contributed by atoms with Gasteiger partial charge < -0.3 is 19.7 Å². The van der Waals surface area contributed by atoms with Crippen molar-refractivity contribution in [3.63, 3.8) is 0 Å². The number of aromatic nitrogens is 2. The molecule has 2 N–H and O–H groups in total. The Kier molecular flexibility index (Phi) is 5.20. The van der Waals surface area contributed by atoms with Gasteiger partial charge in [-0.15, -0.1) is 0 Å². The fourth-order valence-electron chi connectivity index (χ4n) is 3.92. The number of likely N-dealkylation sites (tertiary alicyclic amines) is 1. The van der Waals surface area contributed by atoms with Gasteiger partial charge in [-0.1, -0.05) is 19.1 Å². The van der Waals surface area contributed by atoms with E-state index in [2.05, 4.69) is 16.9 Å². The third-order valence-electron chi connectivity index (χ3n) is 5.97. The molecular formula is C23H25N3O4. The SMILES string of the molecule is CC(=O)N1CCC(C)(COc2ccnc3[nH]cc(-c4ccc(C(=O)O)cc4)c23)CC1. The maximum atomic E-state index is 11.6. The fraction of sp³-hybridized carbons (Fsp3) is 0.348. The third-order valence-corrected chi connectivity index (χ3v) is 5.97. The van der Waals surface area contributed by atoms with E-state index in [4.69, 9.17) is 9.84 Å². The number of hydrogen-bond donors (Lipinski definition) is 2. The Morgan fingerprint density at radius 1 is 1.20 bits per heavy atom. The van der Waals surface area contributed by atoms with Gasteiger partial charge in [-0.2, -0.15) is 0 Å². The minimum absolute atomic E-state index is 0.00114. The number of H-pyrrole nitrogens is 1. The van der Waals surface area contributed by atoms with Crippen LogP contribution >= 0.6 is 0 Å². The van der Waals surface area contributed by atoms with E-state index in [1.807, 2.05) is 17.2 Å². The molecule has 3 aromatic rings. The van der Waals surface area contributed by atoms with Gasteiger partial charge in [-0.3, -0.25) is 4.79 Å². The van der Waals surface area contributed by atoms with Crippen molar-refractivity contribution in [3.8, 4) is 16.9 Å². The van der Waals surface area contributed by atoms with Crippen LogP contribution in [0.5, 0.6) is 5.75 Å². The molecular weight excluding hydrogens is 382 g/mol. The predicted molar refractivity (Wildman–Crippen MR) is 114 cm³/mol. The number of amides is 1. The topological polar surface area (TPSA) is 95.5 Å². The summed E-state index contributed by atoms with van der Waals surface area (Å²) < 4.78 is 6.28. The first kappa shape index (κ1) is 19.9. The van der Waals surface area contributed by atoms with E-state index in [1.54, 1.807) is 37.4 Å². The molecule has 1 amide bonds. The monoisotopic (exact) mass is 407 g/mol. The van der Waals surface area contributed by atoms with E-state index in [9.17, 15) is 9.59 Å². The molecule has 1 aliphatic heterocycles. The van der Waals surface area contributed by atoms with Crippen LogP contribution in [0.2, 0.25) is 0 Å². The molecule has 2 aromatic heterocycles. The second kappa shape index (κ2) is 7.82. The smallest absolute Gasteiger partial charge is 0.335 e. The van der Waals surface area contributed by atoms with Gasteiger partial charge in [0.15, 0.2) is 0 Å². The molecule has 7 nitrogen and oxygen atoms in total. The van der Waals surface area contributed by atoms with Crippen LogP contribution in [0.1, 0.15) is 37.0 Å². The molecule has 0 saturated carbocycles. The zero-order valence-corrected chi connectivity index (χ0v) is 17.1. The van der Waals surface area contributed by atoms with Crippen molar-refractivity contribution in [1.29, 1.82) is 0 Å². The van der Waals surface area contributed by atoms with E-state index < -0.39 is 5.97 Å². The van der Waals surface area contributed by atoms with Crippen molar-refractivity contribution in [2.75, 3.05) is 19.7 Å². The number of piperidine rings is 1. The Balaban J connectivity index is 1.57. The van der Waals surface area contributed by atoms with Gasteiger partial charge in [0.2, 0.25) is 5.91 Å². The van der Waals surface area contributed by atoms with Crippen molar-refractivity contribution in [1.82, 2.24) is 14.9 Å². The molecule has 1 fully saturated rings. The van der Waals surface area contributed by atoms with Crippen molar-refractivity contribution in [3.05, 3.63) is 48.3 Å². The number of nitrogens with zero attached hydrogens (tertiary/aromatic N) is 2. The second-order valence-electron chi connectivity index (χ2n) is 8.22. The van der Waals surface area contributed by atoms with E-state index in [0.29, 0.717) is 6.61 Å². The summed E-state index contributed by atoms with van der Waals surface area (Å²) in [7, 11) is 0. The first-order valence-electron chi connectivity index (χ1n) is 10.0. The molecule has 30 heavy (non-hydrogen) atoms. The molecule has 0 atom stereocenters. The number of nitrogens with one attached hydrogen (secondary N) is 1. The molecule has 0 radical (unpaired) electrons. The minimum atomic E-state index is -0.949. The Morgan fingerprint density at radius 3 is 2.53 bits per heavy atom. The van der Waals surface area contributed by atoms with Gasteiger partial charge >= 0.3 is 5.97 Å². The Morgan fingerprint density at radius 2 is 1.90 bits per heavy atom. The summed E-state index contributed by atoms with van der Waals surface area (Å²) in [6, 6.07) is 8.64. The van der Waals surface area contributed by atoms with E-state index in [0.717, 1.165) is 53.8 Å². The van der Waals surface area contributed by atoms with Crippen molar-refractivity contribution in [2.24, 2.45) is 5.41 Å². The quantitative estimate of drug-likeness (QED) is 0.668. The average Bonchev–Trinajstić information content (AvgIpc) is 3.17. The number of carboxylic acid groups (broad SMARTS) is 1. The summed E-state index contributed by atoms with van der Waals surface area (Å²) in [5, 5.41) is 10.0. The van der Waals surface area contributed by atoms with Crippen molar-refractivity contribution < 1.29 is 19.4 Å². The Bertz CT molecular complexity index is 1080. The number of fused-ring (bicyclic) bond motifs is 1. The van der Waals surface area contributed by atoms with Gasteiger partial charge in [-0.25, -0.2) is 9.78 Å². The van der Waals surface area contributed by atoms with Gasteiger partial charge in [0.25, 0.3) is 0 Å². The minimum Gasteiger partial charge on any atom is -0.492 e. The standard InChI is InChI=1S/C23H25N3O4/c1-15(27)26-11-8-23(2,9-12-26)14-30-19-7-10-24-21-20(19)18(13-25-21)16-3-5-17(6-4-16)22(28)29/h3-7,10,13H,8-9,11-12,14H2,1-2H3,(H,24,25)(H,28,29). The van der Waals surface area contributed by atoms with Crippen LogP contribution in [-0.4, -0.2) is 51.5 Å². The number of carbonyl (C=O) groups excluding carboxylic acids is 1. The maximum absolute atomic E-state index is 11.6. The van der Waals surface area contributed by atoms with E-state index >= 15 is 0 Å². The average molecular weight is 407 g/mol. The number of carboxylic acids is 1. The van der Waals surface area contributed by atoms with Crippen LogP contribution in [0, 0.1) is 5.41 Å². The van der Waals surface area contributed by atoms with Crippen LogP contribution in [-0.2, 0) is 4.79 Å². The summed E-state index contributed by atoms with van der Waals surface area (Å²) in [4.78, 5) is 32.2. The molecule has 0 bridgehead atoms. The highest BCUT2D eigenvalue weighted by Crippen LogP contribution is 2.37. The Labute approximate surface area is 174 Å². The number of aromatic amines is 1. The van der Waals surface area contributed by atoms with Gasteiger partial charge in [0, 0.05) is 43.4 Å². The summed E-state index contributed by atoms with van der Waals surface area (Å²) in [5.41, 5.74) is 2.78. The Hall–Kier alpha value is -3.35. The van der Waals surface area contributed by atoms with Gasteiger partial charge in [0.05, 0.1) is 17.6 Å². The van der Waals surface area contributed by atoms with Crippen LogP contribution in [0.4, 0.5) is 0 Å². The summed E-state index contributed by atoms with van der Waals surface area (Å²) in [5.74, 6) is -0.0799. The maximum Gasteiger partial charge on any atom is 0.335 e. The van der Waals surface area contributed by atoms with Crippen molar-refractivity contribution >= 4 is 22.9 Å². The number of hydrogen-bond acceptors (Lipinski definition) is 4. The van der Waals surface area contributed by atoms with E-state index in [-0.39, 0.29) is 16.9 Å². The molecule has 1 saturated heterocycles. The lowest BCUT2D eigenvalue weighted by Crippen LogP contribution is -2.43. The van der Waals surface area contributed by atoms with Crippen LogP contribution in [0.25, 0.3) is 22.2 Å². The predicted octanol–water partition coefficient (Wildman–Crippen LogP) is 3.96. The van der Waals surface area contributed by atoms with Gasteiger partial charge in [0.1, 0.15) is 11.4 Å². The molecule has 156 valence electrons. The number of carbonyl (C=O) groups is 2. The lowest BCUT2D eigenvalue weighted by atomic mass is 9.81. The number of aromatic carboxylic acids is 1. The second-order valence-corrected chi connectivity index (χ2v) is 8.22. The van der Waals surface area contributed by atoms with Crippen LogP contribution in [0.3, 0.4) is 0 Å².